The molecule has 0 aliphatic heterocycles. The average Bonchev–Trinajstić information content (AvgIpc) is 3.70. The number of aliphatic carboxylic acids is 1. The van der Waals surface area contributed by atoms with E-state index in [1.807, 2.05) is 12.1 Å². The molecule has 186 valence electrons. The molecule has 0 unspecified atom stereocenters. The molecule has 2 saturated carbocycles. The molecule has 2 aliphatic rings. The van der Waals surface area contributed by atoms with Crippen LogP contribution in [0.3, 0.4) is 0 Å². The molecule has 1 amide bonds. The molecule has 0 saturated heterocycles. The summed E-state index contributed by atoms with van der Waals surface area (Å²) in [6.45, 7) is 0.235. The predicted octanol–water partition coefficient (Wildman–Crippen LogP) is 5.26. The summed E-state index contributed by atoms with van der Waals surface area (Å²) in [4.78, 5) is 35.7. The Kier molecular flexibility index (Phi) is 7.78. The quantitative estimate of drug-likeness (QED) is 0.354. The first kappa shape index (κ1) is 24.8. The molecule has 2 N–H and O–H groups in total. The van der Waals surface area contributed by atoms with E-state index in [9.17, 15) is 23.2 Å². The summed E-state index contributed by atoms with van der Waals surface area (Å²) >= 11 is 0. The highest BCUT2D eigenvalue weighted by Crippen LogP contribution is 2.39. The van der Waals surface area contributed by atoms with Crippen molar-refractivity contribution in [2.24, 2.45) is 5.92 Å². The lowest BCUT2D eigenvalue weighted by Gasteiger charge is -2.27. The molecule has 2 aliphatic carbocycles. The van der Waals surface area contributed by atoms with Crippen LogP contribution in [-0.2, 0) is 4.79 Å². The second-order valence-corrected chi connectivity index (χ2v) is 9.35. The molecular weight excluding hydrogens is 456 g/mol. The van der Waals surface area contributed by atoms with Crippen molar-refractivity contribution < 1.29 is 33.0 Å². The summed E-state index contributed by atoms with van der Waals surface area (Å²) in [5.74, 6) is -4.24. The van der Waals surface area contributed by atoms with Gasteiger partial charge in [-0.05, 0) is 80.7 Å². The summed E-state index contributed by atoms with van der Waals surface area (Å²) in [7, 11) is 0. The molecule has 0 bridgehead atoms. The number of carbonyl (C=O) groups is 3. The van der Waals surface area contributed by atoms with Gasteiger partial charge in [-0.3, -0.25) is 14.4 Å². The Morgan fingerprint density at radius 3 is 2.23 bits per heavy atom. The lowest BCUT2D eigenvalue weighted by atomic mass is 9.87. The van der Waals surface area contributed by atoms with E-state index in [0.29, 0.717) is 37.2 Å². The summed E-state index contributed by atoms with van der Waals surface area (Å²) in [6.07, 6.45) is 3.95. The summed E-state index contributed by atoms with van der Waals surface area (Å²) < 4.78 is 34.7. The zero-order valence-electron chi connectivity index (χ0n) is 19.4. The average molecular weight is 486 g/mol. The largest absolute Gasteiger partial charge is 0.487 e. The SMILES string of the molecule is O=C(NCCCC(=O)c1ccc(OC2CCC(C(=O)O)CC2)c(F)c1F)c1ccc(C2CC2)cc1. The number of hydrogen-bond donors (Lipinski definition) is 2. The van der Waals surface area contributed by atoms with E-state index in [-0.39, 0.29) is 36.6 Å². The fourth-order valence-corrected chi connectivity index (χ4v) is 4.46. The molecular formula is C27H29F2NO5. The number of Topliss-reactive ketones (excluding diaryl/α,β-unsaturated/α-hetero) is 1. The van der Waals surface area contributed by atoms with E-state index in [1.54, 1.807) is 12.1 Å². The van der Waals surface area contributed by atoms with E-state index < -0.39 is 35.4 Å². The first-order chi connectivity index (χ1) is 16.8. The standard InChI is InChI=1S/C27H29F2NO5/c28-24-21(13-14-23(25(24)29)35-20-11-9-19(10-12-20)27(33)34)22(31)2-1-15-30-26(32)18-7-5-17(6-8-18)16-3-4-16/h5-8,13-14,16,19-20H,1-4,9-12,15H2,(H,30,32)(H,33,34). The Morgan fingerprint density at radius 1 is 0.914 bits per heavy atom. The van der Waals surface area contributed by atoms with Crippen molar-refractivity contribution in [1.82, 2.24) is 5.32 Å². The number of hydrogen-bond acceptors (Lipinski definition) is 4. The zero-order valence-corrected chi connectivity index (χ0v) is 19.4. The van der Waals surface area contributed by atoms with E-state index in [4.69, 9.17) is 9.84 Å². The van der Waals surface area contributed by atoms with Crippen LogP contribution >= 0.6 is 0 Å². The van der Waals surface area contributed by atoms with Gasteiger partial charge in [-0.15, -0.1) is 0 Å². The van der Waals surface area contributed by atoms with Crippen LogP contribution in [0.25, 0.3) is 0 Å². The van der Waals surface area contributed by atoms with Crippen molar-refractivity contribution in [3.8, 4) is 5.75 Å². The second kappa shape index (κ2) is 11.0. The van der Waals surface area contributed by atoms with Crippen molar-refractivity contribution in [2.75, 3.05) is 6.54 Å². The topological polar surface area (TPSA) is 92.7 Å². The Morgan fingerprint density at radius 2 is 1.60 bits per heavy atom. The highest BCUT2D eigenvalue weighted by Gasteiger charge is 2.28. The third-order valence-electron chi connectivity index (χ3n) is 6.75. The van der Waals surface area contributed by atoms with Gasteiger partial charge in [0.15, 0.2) is 17.3 Å². The van der Waals surface area contributed by atoms with E-state index in [0.717, 1.165) is 0 Å². The highest BCUT2D eigenvalue weighted by atomic mass is 19.2. The van der Waals surface area contributed by atoms with Gasteiger partial charge in [0.05, 0.1) is 17.6 Å². The number of benzene rings is 2. The summed E-state index contributed by atoms with van der Waals surface area (Å²) in [6, 6.07) is 9.94. The maximum absolute atomic E-state index is 14.6. The molecule has 2 aromatic carbocycles. The van der Waals surface area contributed by atoms with Gasteiger partial charge in [0, 0.05) is 18.5 Å². The van der Waals surface area contributed by atoms with Crippen LogP contribution in [0.15, 0.2) is 36.4 Å². The number of halogens is 2. The highest BCUT2D eigenvalue weighted by molar-refractivity contribution is 5.96. The van der Waals surface area contributed by atoms with Gasteiger partial charge in [-0.1, -0.05) is 12.1 Å². The van der Waals surface area contributed by atoms with Gasteiger partial charge >= 0.3 is 5.97 Å². The minimum atomic E-state index is -1.26. The molecule has 2 aromatic rings. The van der Waals surface area contributed by atoms with Crippen molar-refractivity contribution in [3.63, 3.8) is 0 Å². The molecule has 0 heterocycles. The van der Waals surface area contributed by atoms with Crippen LogP contribution in [-0.4, -0.2) is 35.4 Å². The zero-order chi connectivity index (χ0) is 24.9. The molecule has 4 rings (SSSR count). The molecule has 0 aromatic heterocycles. The van der Waals surface area contributed by atoms with Crippen LogP contribution < -0.4 is 10.1 Å². The van der Waals surface area contributed by atoms with Gasteiger partial charge in [0.1, 0.15) is 0 Å². The van der Waals surface area contributed by atoms with E-state index in [2.05, 4.69) is 5.32 Å². The lowest BCUT2D eigenvalue weighted by Crippen LogP contribution is -2.28. The number of ketones is 1. The molecule has 0 radical (unpaired) electrons. The van der Waals surface area contributed by atoms with Crippen LogP contribution in [0.4, 0.5) is 8.78 Å². The number of ether oxygens (including phenoxy) is 1. The number of carboxylic acids is 1. The Labute approximate surface area is 202 Å². The first-order valence-corrected chi connectivity index (χ1v) is 12.1. The number of nitrogens with one attached hydrogen (secondary N) is 1. The Hall–Kier alpha value is -3.29. The fourth-order valence-electron chi connectivity index (χ4n) is 4.46. The molecule has 2 fully saturated rings. The third kappa shape index (κ3) is 6.24. The van der Waals surface area contributed by atoms with Crippen molar-refractivity contribution in [1.29, 1.82) is 0 Å². The van der Waals surface area contributed by atoms with Crippen molar-refractivity contribution in [2.45, 2.75) is 63.4 Å². The van der Waals surface area contributed by atoms with Crippen molar-refractivity contribution >= 4 is 17.7 Å². The van der Waals surface area contributed by atoms with Crippen LogP contribution in [0.1, 0.15) is 83.6 Å². The van der Waals surface area contributed by atoms with E-state index >= 15 is 0 Å². The van der Waals surface area contributed by atoms with Gasteiger partial charge in [0.25, 0.3) is 5.91 Å². The molecule has 6 nitrogen and oxygen atoms in total. The van der Waals surface area contributed by atoms with Gasteiger partial charge in [-0.2, -0.15) is 4.39 Å². The molecule has 0 atom stereocenters. The number of rotatable bonds is 10. The smallest absolute Gasteiger partial charge is 0.306 e. The van der Waals surface area contributed by atoms with Crippen LogP contribution in [0.2, 0.25) is 0 Å². The molecule has 0 spiro atoms. The van der Waals surface area contributed by atoms with Gasteiger partial charge in [0.2, 0.25) is 5.82 Å². The van der Waals surface area contributed by atoms with Crippen LogP contribution in [0, 0.1) is 17.6 Å². The minimum absolute atomic E-state index is 0.0450. The van der Waals surface area contributed by atoms with E-state index in [1.165, 1.54) is 30.5 Å². The molecule has 35 heavy (non-hydrogen) atoms. The predicted molar refractivity (Wildman–Crippen MR) is 125 cm³/mol. The summed E-state index contributed by atoms with van der Waals surface area (Å²) in [5.41, 5.74) is 1.43. The normalized spacial score (nSPS) is 19.7. The number of carboxylic acid groups (broad SMARTS) is 1. The fraction of sp³-hybridized carbons (Fsp3) is 0.444. The van der Waals surface area contributed by atoms with Gasteiger partial charge < -0.3 is 15.2 Å². The van der Waals surface area contributed by atoms with Gasteiger partial charge in [-0.25, -0.2) is 4.39 Å². The number of amides is 1. The Bertz CT molecular complexity index is 1090. The molecule has 8 heteroatoms. The van der Waals surface area contributed by atoms with Crippen molar-refractivity contribution in [3.05, 3.63) is 64.7 Å². The maximum Gasteiger partial charge on any atom is 0.306 e. The first-order valence-electron chi connectivity index (χ1n) is 12.1. The maximum atomic E-state index is 14.6. The number of carbonyl (C=O) groups excluding carboxylic acids is 2. The monoisotopic (exact) mass is 485 g/mol. The second-order valence-electron chi connectivity index (χ2n) is 9.35. The Balaban J connectivity index is 1.24. The minimum Gasteiger partial charge on any atom is -0.487 e. The third-order valence-corrected chi connectivity index (χ3v) is 6.75. The van der Waals surface area contributed by atoms with Crippen LogP contribution in [0.5, 0.6) is 5.75 Å². The lowest BCUT2D eigenvalue weighted by molar-refractivity contribution is -0.143. The summed E-state index contributed by atoms with van der Waals surface area (Å²) in [5, 5.41) is 11.8.